The fourth-order valence-corrected chi connectivity index (χ4v) is 5.37. The van der Waals surface area contributed by atoms with Crippen molar-refractivity contribution in [1.29, 1.82) is 0 Å². The van der Waals surface area contributed by atoms with Gasteiger partial charge in [-0.1, -0.05) is 6.42 Å². The van der Waals surface area contributed by atoms with Crippen molar-refractivity contribution in [2.75, 3.05) is 13.1 Å². The van der Waals surface area contributed by atoms with E-state index in [1.807, 2.05) is 31.5 Å². The number of nitrogens with one attached hydrogen (secondary N) is 1. The van der Waals surface area contributed by atoms with Gasteiger partial charge in [0.1, 0.15) is 11.6 Å². The van der Waals surface area contributed by atoms with Crippen LogP contribution in [0.2, 0.25) is 0 Å². The van der Waals surface area contributed by atoms with Crippen molar-refractivity contribution in [3.63, 3.8) is 0 Å². The number of amides is 2. The second-order valence-electron chi connectivity index (χ2n) is 9.37. The first-order valence-electron chi connectivity index (χ1n) is 11.2. The maximum absolute atomic E-state index is 14.0. The zero-order valence-electron chi connectivity index (χ0n) is 18.8. The van der Waals surface area contributed by atoms with Crippen LogP contribution in [0, 0.1) is 25.5 Å². The molecule has 0 unspecified atom stereocenters. The number of aromatic nitrogens is 2. The predicted molar refractivity (Wildman–Crippen MR) is 116 cm³/mol. The number of carbonyl (C=O) groups is 2. The molecule has 8 heteroatoms. The summed E-state index contributed by atoms with van der Waals surface area (Å²) in [6, 6.07) is 5.33. The van der Waals surface area contributed by atoms with Crippen molar-refractivity contribution in [2.45, 2.75) is 70.4 Å². The van der Waals surface area contributed by atoms with Crippen LogP contribution in [0.3, 0.4) is 0 Å². The van der Waals surface area contributed by atoms with Gasteiger partial charge in [-0.15, -0.1) is 0 Å². The molecule has 0 bridgehead atoms. The van der Waals surface area contributed by atoms with Crippen LogP contribution < -0.4 is 5.32 Å². The topological polar surface area (TPSA) is 67.2 Å². The minimum atomic E-state index is -0.717. The minimum absolute atomic E-state index is 0.0534. The van der Waals surface area contributed by atoms with E-state index in [0.29, 0.717) is 31.5 Å². The lowest BCUT2D eigenvalue weighted by molar-refractivity contribution is -0.131. The number of carbonyl (C=O) groups excluding carboxylic acids is 2. The van der Waals surface area contributed by atoms with Gasteiger partial charge in [-0.25, -0.2) is 8.78 Å². The lowest BCUT2D eigenvalue weighted by Crippen LogP contribution is -2.53. The van der Waals surface area contributed by atoms with Crippen molar-refractivity contribution in [2.24, 2.45) is 0 Å². The Labute approximate surface area is 187 Å². The molecule has 1 spiro atoms. The molecule has 1 N–H and O–H groups in total. The Morgan fingerprint density at radius 1 is 1.22 bits per heavy atom. The first-order valence-corrected chi connectivity index (χ1v) is 11.2. The number of benzene rings is 1. The quantitative estimate of drug-likeness (QED) is 0.780. The summed E-state index contributed by atoms with van der Waals surface area (Å²) < 4.78 is 29.9. The number of rotatable bonds is 4. The summed E-state index contributed by atoms with van der Waals surface area (Å²) >= 11 is 0. The van der Waals surface area contributed by atoms with Gasteiger partial charge in [0, 0.05) is 43.6 Å². The van der Waals surface area contributed by atoms with E-state index in [1.54, 1.807) is 4.90 Å². The molecule has 0 saturated carbocycles. The number of hydrogen-bond acceptors (Lipinski definition) is 3. The van der Waals surface area contributed by atoms with E-state index in [4.69, 9.17) is 0 Å². The van der Waals surface area contributed by atoms with Gasteiger partial charge in [0.15, 0.2) is 0 Å². The number of halogens is 2. The summed E-state index contributed by atoms with van der Waals surface area (Å²) in [5.41, 5.74) is 1.65. The van der Waals surface area contributed by atoms with Gasteiger partial charge >= 0.3 is 0 Å². The SMILES string of the molecule is Cc1cc(C)n([C@@H](C)CC(=O)N2C[C@@H](c3cc(F)cc(F)c3)[C@@]3(CCCCC(=O)N3)C2)n1. The summed E-state index contributed by atoms with van der Waals surface area (Å²) in [4.78, 5) is 27.5. The molecule has 2 amide bonds. The first kappa shape index (κ1) is 22.4. The third kappa shape index (κ3) is 4.40. The Hall–Kier alpha value is -2.77. The Morgan fingerprint density at radius 3 is 2.59 bits per heavy atom. The van der Waals surface area contributed by atoms with E-state index in [9.17, 15) is 18.4 Å². The van der Waals surface area contributed by atoms with Gasteiger partial charge in [0.05, 0.1) is 17.3 Å². The van der Waals surface area contributed by atoms with Crippen molar-refractivity contribution in [3.8, 4) is 0 Å². The molecule has 6 nitrogen and oxygen atoms in total. The fourth-order valence-electron chi connectivity index (χ4n) is 5.37. The molecular weight excluding hydrogens is 414 g/mol. The van der Waals surface area contributed by atoms with Crippen LogP contribution in [0.5, 0.6) is 0 Å². The Morgan fingerprint density at radius 2 is 1.94 bits per heavy atom. The highest BCUT2D eigenvalue weighted by molar-refractivity contribution is 5.80. The van der Waals surface area contributed by atoms with Crippen molar-refractivity contribution >= 4 is 11.8 Å². The molecule has 0 radical (unpaired) electrons. The van der Waals surface area contributed by atoms with Crippen molar-refractivity contribution in [1.82, 2.24) is 20.0 Å². The van der Waals surface area contributed by atoms with Crippen LogP contribution in [0.25, 0.3) is 0 Å². The predicted octanol–water partition coefficient (Wildman–Crippen LogP) is 3.78. The maximum Gasteiger partial charge on any atom is 0.224 e. The van der Waals surface area contributed by atoms with Crippen LogP contribution in [-0.4, -0.2) is 45.1 Å². The van der Waals surface area contributed by atoms with E-state index in [1.165, 1.54) is 12.1 Å². The summed E-state index contributed by atoms with van der Waals surface area (Å²) in [6.07, 6.45) is 2.93. The highest BCUT2D eigenvalue weighted by Gasteiger charge is 2.50. The summed E-state index contributed by atoms with van der Waals surface area (Å²) in [5, 5.41) is 7.61. The van der Waals surface area contributed by atoms with Crippen LogP contribution in [-0.2, 0) is 9.59 Å². The second kappa shape index (κ2) is 8.64. The second-order valence-corrected chi connectivity index (χ2v) is 9.37. The number of hydrogen-bond donors (Lipinski definition) is 1. The molecule has 3 atom stereocenters. The van der Waals surface area contributed by atoms with Crippen LogP contribution >= 0.6 is 0 Å². The van der Waals surface area contributed by atoms with Gasteiger partial charge in [-0.2, -0.15) is 5.10 Å². The molecule has 1 aromatic heterocycles. The summed E-state index contributed by atoms with van der Waals surface area (Å²) in [5.74, 6) is -1.81. The molecule has 3 heterocycles. The van der Waals surface area contributed by atoms with E-state index in [0.717, 1.165) is 30.3 Å². The largest absolute Gasteiger partial charge is 0.348 e. The van der Waals surface area contributed by atoms with E-state index < -0.39 is 17.2 Å². The zero-order valence-corrected chi connectivity index (χ0v) is 18.8. The molecule has 32 heavy (non-hydrogen) atoms. The molecule has 2 saturated heterocycles. The normalized spacial score (nSPS) is 24.5. The highest BCUT2D eigenvalue weighted by atomic mass is 19.1. The van der Waals surface area contributed by atoms with Gasteiger partial charge in [-0.05, 0) is 57.4 Å². The Kier molecular flexibility index (Phi) is 6.05. The Balaban J connectivity index is 1.61. The molecule has 2 aliphatic rings. The lowest BCUT2D eigenvalue weighted by atomic mass is 9.79. The minimum Gasteiger partial charge on any atom is -0.348 e. The number of aryl methyl sites for hydroxylation is 2. The molecule has 2 fully saturated rings. The first-order chi connectivity index (χ1) is 15.2. The third-order valence-corrected chi connectivity index (χ3v) is 6.78. The molecule has 2 aliphatic heterocycles. The standard InChI is InChI=1S/C24H30F2N4O2/c1-15-8-16(2)30(28-15)17(3)9-23(32)29-13-21(18-10-19(25)12-20(26)11-18)24(14-29)7-5-4-6-22(31)27-24/h8,10-12,17,21H,4-7,9,13-14H2,1-3H3,(H,27,31)/t17-,21-,24+/m0/s1. The number of likely N-dealkylation sites (tertiary alicyclic amines) is 1. The number of nitrogens with zero attached hydrogens (tertiary/aromatic N) is 3. The van der Waals surface area contributed by atoms with E-state index in [2.05, 4.69) is 10.4 Å². The van der Waals surface area contributed by atoms with Crippen LogP contribution in [0.4, 0.5) is 8.78 Å². The van der Waals surface area contributed by atoms with E-state index >= 15 is 0 Å². The lowest BCUT2D eigenvalue weighted by Gasteiger charge is -2.34. The van der Waals surface area contributed by atoms with Crippen LogP contribution in [0.1, 0.15) is 67.9 Å². The molecule has 2 aromatic rings. The van der Waals surface area contributed by atoms with Gasteiger partial charge in [-0.3, -0.25) is 14.3 Å². The van der Waals surface area contributed by atoms with E-state index in [-0.39, 0.29) is 30.2 Å². The Bertz CT molecular complexity index is 1020. The zero-order chi connectivity index (χ0) is 23.0. The molecule has 1 aromatic carbocycles. The average molecular weight is 445 g/mol. The van der Waals surface area contributed by atoms with Gasteiger partial charge in [0.25, 0.3) is 0 Å². The molecule has 4 rings (SSSR count). The highest BCUT2D eigenvalue weighted by Crippen LogP contribution is 2.41. The van der Waals surface area contributed by atoms with Crippen molar-refractivity contribution in [3.05, 3.63) is 52.9 Å². The van der Waals surface area contributed by atoms with Gasteiger partial charge in [0.2, 0.25) is 11.8 Å². The average Bonchev–Trinajstić information content (AvgIpc) is 3.17. The molecular formula is C24H30F2N4O2. The summed E-state index contributed by atoms with van der Waals surface area (Å²) in [7, 11) is 0. The maximum atomic E-state index is 14.0. The summed E-state index contributed by atoms with van der Waals surface area (Å²) in [6.45, 7) is 6.48. The van der Waals surface area contributed by atoms with Crippen LogP contribution in [0.15, 0.2) is 24.3 Å². The third-order valence-electron chi connectivity index (χ3n) is 6.78. The van der Waals surface area contributed by atoms with Crippen molar-refractivity contribution < 1.29 is 18.4 Å². The monoisotopic (exact) mass is 444 g/mol. The molecule has 0 aliphatic carbocycles. The smallest absolute Gasteiger partial charge is 0.224 e. The molecule has 172 valence electrons. The fraction of sp³-hybridized carbons (Fsp3) is 0.542. The van der Waals surface area contributed by atoms with Gasteiger partial charge < -0.3 is 10.2 Å².